The number of para-hydroxylation sites is 1. The van der Waals surface area contributed by atoms with E-state index >= 15 is 0 Å². The van der Waals surface area contributed by atoms with Gasteiger partial charge in [-0.15, -0.1) is 11.8 Å². The Bertz CT molecular complexity index is 618. The monoisotopic (exact) mass is 280 g/mol. The van der Waals surface area contributed by atoms with Crippen molar-refractivity contribution >= 4 is 28.2 Å². The maximum Gasteiger partial charge on any atom is 0.0926 e. The molecule has 0 fully saturated rings. The minimum Gasteiger partial charge on any atom is -0.355 e. The summed E-state index contributed by atoms with van der Waals surface area (Å²) in [5, 5.41) is 4.59. The Kier molecular flexibility index (Phi) is 4.19. The molecule has 3 heteroatoms. The predicted octanol–water partition coefficient (Wildman–Crippen LogP) is 4.28. The lowest BCUT2D eigenvalue weighted by Gasteiger charge is -2.11. The summed E-state index contributed by atoms with van der Waals surface area (Å²) in [6.45, 7) is 0.921. The van der Waals surface area contributed by atoms with Crippen LogP contribution in [0, 0.1) is 0 Å². The molecule has 0 radical (unpaired) electrons. The number of rotatable bonds is 4. The molecule has 0 atom stereocenters. The van der Waals surface area contributed by atoms with Crippen molar-refractivity contribution in [3.8, 4) is 0 Å². The molecule has 3 rings (SSSR count). The third-order valence-electron chi connectivity index (χ3n) is 3.01. The van der Waals surface area contributed by atoms with Crippen LogP contribution in [-0.4, -0.2) is 17.3 Å². The van der Waals surface area contributed by atoms with Crippen LogP contribution < -0.4 is 5.32 Å². The van der Waals surface area contributed by atoms with Gasteiger partial charge in [-0.1, -0.05) is 48.5 Å². The Labute approximate surface area is 123 Å². The zero-order valence-corrected chi connectivity index (χ0v) is 11.9. The zero-order chi connectivity index (χ0) is 13.6. The largest absolute Gasteiger partial charge is 0.355 e. The van der Waals surface area contributed by atoms with E-state index in [0.717, 1.165) is 28.7 Å². The highest BCUT2D eigenvalue weighted by Crippen LogP contribution is 2.22. The van der Waals surface area contributed by atoms with Gasteiger partial charge in [0.2, 0.25) is 0 Å². The SMILES string of the molecule is C(/C1=NCCS1)=C(/Nc1ccccc1)c1ccccc1. The van der Waals surface area contributed by atoms with Gasteiger partial charge in [-0.2, -0.15) is 0 Å². The number of hydrogen-bond donors (Lipinski definition) is 1. The summed E-state index contributed by atoms with van der Waals surface area (Å²) in [5.41, 5.74) is 3.35. The van der Waals surface area contributed by atoms with Gasteiger partial charge in [0.1, 0.15) is 0 Å². The summed E-state index contributed by atoms with van der Waals surface area (Å²) in [4.78, 5) is 4.51. The van der Waals surface area contributed by atoms with E-state index in [0.29, 0.717) is 0 Å². The minimum atomic E-state index is 0.921. The number of benzene rings is 2. The molecule has 1 N–H and O–H groups in total. The molecule has 1 heterocycles. The molecule has 1 aliphatic rings. The molecule has 0 bridgehead atoms. The van der Waals surface area contributed by atoms with Crippen LogP contribution in [0.15, 0.2) is 71.7 Å². The molecule has 0 spiro atoms. The average Bonchev–Trinajstić information content (AvgIpc) is 3.02. The van der Waals surface area contributed by atoms with Gasteiger partial charge in [0, 0.05) is 23.7 Å². The van der Waals surface area contributed by atoms with Crippen LogP contribution in [0.2, 0.25) is 0 Å². The first kappa shape index (κ1) is 13.0. The molecular weight excluding hydrogens is 264 g/mol. The predicted molar refractivity (Wildman–Crippen MR) is 89.2 cm³/mol. The van der Waals surface area contributed by atoms with Crippen LogP contribution in [0.25, 0.3) is 5.70 Å². The fourth-order valence-electron chi connectivity index (χ4n) is 2.05. The minimum absolute atomic E-state index is 0.921. The maximum absolute atomic E-state index is 4.51. The van der Waals surface area contributed by atoms with Crippen LogP contribution >= 0.6 is 11.8 Å². The molecule has 100 valence electrons. The van der Waals surface area contributed by atoms with E-state index in [1.165, 1.54) is 5.56 Å². The topological polar surface area (TPSA) is 24.4 Å². The highest BCUT2D eigenvalue weighted by molar-refractivity contribution is 8.14. The lowest BCUT2D eigenvalue weighted by atomic mass is 10.1. The lowest BCUT2D eigenvalue weighted by Crippen LogP contribution is -2.00. The van der Waals surface area contributed by atoms with Gasteiger partial charge in [-0.25, -0.2) is 0 Å². The Morgan fingerprint density at radius 3 is 2.35 bits per heavy atom. The van der Waals surface area contributed by atoms with E-state index < -0.39 is 0 Å². The fourth-order valence-corrected chi connectivity index (χ4v) is 2.82. The van der Waals surface area contributed by atoms with E-state index in [2.05, 4.69) is 52.8 Å². The third-order valence-corrected chi connectivity index (χ3v) is 3.94. The van der Waals surface area contributed by atoms with Crippen molar-refractivity contribution in [2.45, 2.75) is 0 Å². The second-order valence-corrected chi connectivity index (χ2v) is 5.60. The number of nitrogens with one attached hydrogen (secondary N) is 1. The second-order valence-electron chi connectivity index (χ2n) is 4.48. The smallest absolute Gasteiger partial charge is 0.0926 e. The van der Waals surface area contributed by atoms with E-state index in [1.807, 2.05) is 36.0 Å². The fraction of sp³-hybridized carbons (Fsp3) is 0.118. The van der Waals surface area contributed by atoms with Crippen molar-refractivity contribution in [1.82, 2.24) is 0 Å². The van der Waals surface area contributed by atoms with Crippen molar-refractivity contribution in [2.75, 3.05) is 17.6 Å². The van der Waals surface area contributed by atoms with E-state index in [4.69, 9.17) is 0 Å². The average molecular weight is 280 g/mol. The molecule has 0 aromatic heterocycles. The highest BCUT2D eigenvalue weighted by atomic mass is 32.2. The lowest BCUT2D eigenvalue weighted by molar-refractivity contribution is 1.18. The maximum atomic E-state index is 4.51. The first-order chi connectivity index (χ1) is 9.92. The van der Waals surface area contributed by atoms with Crippen molar-refractivity contribution in [2.24, 2.45) is 4.99 Å². The van der Waals surface area contributed by atoms with Crippen LogP contribution in [-0.2, 0) is 0 Å². The van der Waals surface area contributed by atoms with Crippen molar-refractivity contribution < 1.29 is 0 Å². The Morgan fingerprint density at radius 2 is 1.70 bits per heavy atom. The summed E-state index contributed by atoms with van der Waals surface area (Å²) in [6.07, 6.45) is 2.14. The van der Waals surface area contributed by atoms with Crippen LogP contribution in [0.4, 0.5) is 5.69 Å². The molecule has 0 unspecified atom stereocenters. The van der Waals surface area contributed by atoms with Gasteiger partial charge in [-0.3, -0.25) is 4.99 Å². The second kappa shape index (κ2) is 6.44. The summed E-state index contributed by atoms with van der Waals surface area (Å²) in [5.74, 6) is 1.08. The first-order valence-electron chi connectivity index (χ1n) is 6.68. The molecule has 2 nitrogen and oxygen atoms in total. The number of thioether (sulfide) groups is 1. The highest BCUT2D eigenvalue weighted by Gasteiger charge is 2.08. The van der Waals surface area contributed by atoms with Gasteiger partial charge in [0.25, 0.3) is 0 Å². The summed E-state index contributed by atoms with van der Waals surface area (Å²) >= 11 is 1.81. The molecular formula is C17H16N2S. The van der Waals surface area contributed by atoms with E-state index in [9.17, 15) is 0 Å². The molecule has 2 aromatic rings. The Morgan fingerprint density at radius 1 is 1.00 bits per heavy atom. The third kappa shape index (κ3) is 3.31. The van der Waals surface area contributed by atoms with Crippen LogP contribution in [0.3, 0.4) is 0 Å². The standard InChI is InChI=1S/C17H16N2S/c1-3-7-14(8-4-1)16(13-17-18-11-12-20-17)19-15-9-5-2-6-10-15/h1-10,13,19H,11-12H2/b16-13-. The molecule has 0 amide bonds. The molecule has 1 aliphatic heterocycles. The quantitative estimate of drug-likeness (QED) is 0.903. The summed E-state index contributed by atoms with van der Waals surface area (Å²) in [7, 11) is 0. The van der Waals surface area contributed by atoms with Crippen molar-refractivity contribution in [1.29, 1.82) is 0 Å². The number of aliphatic imine (C=N–C) groups is 1. The normalized spacial score (nSPS) is 15.0. The molecule has 0 saturated heterocycles. The van der Waals surface area contributed by atoms with Crippen LogP contribution in [0.5, 0.6) is 0 Å². The molecule has 20 heavy (non-hydrogen) atoms. The van der Waals surface area contributed by atoms with Crippen LogP contribution in [0.1, 0.15) is 5.56 Å². The van der Waals surface area contributed by atoms with Crippen molar-refractivity contribution in [3.05, 3.63) is 72.3 Å². The van der Waals surface area contributed by atoms with Crippen molar-refractivity contribution in [3.63, 3.8) is 0 Å². The molecule has 0 aliphatic carbocycles. The number of hydrogen-bond acceptors (Lipinski definition) is 3. The number of anilines is 1. The zero-order valence-electron chi connectivity index (χ0n) is 11.1. The van der Waals surface area contributed by atoms with Gasteiger partial charge in [0.05, 0.1) is 5.04 Å². The van der Waals surface area contributed by atoms with E-state index in [-0.39, 0.29) is 0 Å². The number of nitrogens with zero attached hydrogens (tertiary/aromatic N) is 1. The van der Waals surface area contributed by atoms with Gasteiger partial charge in [-0.05, 0) is 23.8 Å². The van der Waals surface area contributed by atoms with Gasteiger partial charge < -0.3 is 5.32 Å². The van der Waals surface area contributed by atoms with Gasteiger partial charge >= 0.3 is 0 Å². The Balaban J connectivity index is 1.91. The summed E-state index contributed by atoms with van der Waals surface area (Å²) < 4.78 is 0. The molecule has 2 aromatic carbocycles. The Hall–Kier alpha value is -2.00. The first-order valence-corrected chi connectivity index (χ1v) is 7.67. The summed E-state index contributed by atoms with van der Waals surface area (Å²) in [6, 6.07) is 20.6. The van der Waals surface area contributed by atoms with Gasteiger partial charge in [0.15, 0.2) is 0 Å². The van der Waals surface area contributed by atoms with E-state index in [1.54, 1.807) is 0 Å². The molecule has 0 saturated carbocycles.